The molecule has 1 fully saturated rings. The molecule has 1 aliphatic heterocycles. The number of rotatable bonds is 1. The molecule has 3 rings (SSSR count). The number of benzene rings is 1. The van der Waals surface area contributed by atoms with Crippen LogP contribution in [0, 0.1) is 0 Å². The Balaban J connectivity index is 2.01. The number of fused-ring (bicyclic) bond motifs is 1. The third kappa shape index (κ3) is 2.26. The van der Waals surface area contributed by atoms with Gasteiger partial charge in [0.2, 0.25) is 0 Å². The van der Waals surface area contributed by atoms with E-state index in [-0.39, 0.29) is 11.9 Å². The lowest BCUT2D eigenvalue weighted by Crippen LogP contribution is -2.47. The zero-order valence-electron chi connectivity index (χ0n) is 11.1. The number of morpholine rings is 1. The van der Waals surface area contributed by atoms with Crippen LogP contribution in [0.3, 0.4) is 0 Å². The number of nitrogen functional groups attached to an aromatic ring is 1. The van der Waals surface area contributed by atoms with Crippen molar-refractivity contribution in [1.82, 2.24) is 4.90 Å². The Morgan fingerprint density at radius 1 is 1.55 bits per heavy atom. The van der Waals surface area contributed by atoms with Crippen molar-refractivity contribution in [3.8, 4) is 0 Å². The number of thiophene rings is 1. The van der Waals surface area contributed by atoms with Crippen molar-refractivity contribution in [1.29, 1.82) is 0 Å². The van der Waals surface area contributed by atoms with Crippen LogP contribution in [-0.2, 0) is 4.74 Å². The average Bonchev–Trinajstić information content (AvgIpc) is 2.76. The standard InChI is InChI=1S/C14H15ClN2O2S/c1-8-7-19-5-4-17(8)14(18)13-12(16)10-6-9(15)2-3-11(10)20-13/h2-3,6,8H,4-5,7,16H2,1H3. The molecule has 0 spiro atoms. The van der Waals surface area contributed by atoms with Gasteiger partial charge >= 0.3 is 0 Å². The Labute approximate surface area is 126 Å². The van der Waals surface area contributed by atoms with Gasteiger partial charge in [-0.3, -0.25) is 4.79 Å². The number of anilines is 1. The minimum Gasteiger partial charge on any atom is -0.397 e. The van der Waals surface area contributed by atoms with Gasteiger partial charge < -0.3 is 15.4 Å². The van der Waals surface area contributed by atoms with E-state index in [0.29, 0.717) is 35.3 Å². The van der Waals surface area contributed by atoms with E-state index in [2.05, 4.69) is 0 Å². The second kappa shape index (κ2) is 5.24. The van der Waals surface area contributed by atoms with Gasteiger partial charge in [-0.1, -0.05) is 11.6 Å². The van der Waals surface area contributed by atoms with Gasteiger partial charge in [0.05, 0.1) is 24.9 Å². The highest BCUT2D eigenvalue weighted by Gasteiger charge is 2.28. The molecular weight excluding hydrogens is 296 g/mol. The molecule has 0 radical (unpaired) electrons. The van der Waals surface area contributed by atoms with Gasteiger partial charge in [-0.2, -0.15) is 0 Å². The van der Waals surface area contributed by atoms with E-state index >= 15 is 0 Å². The maximum Gasteiger partial charge on any atom is 0.266 e. The number of ether oxygens (including phenoxy) is 1. The minimum absolute atomic E-state index is 0.0179. The van der Waals surface area contributed by atoms with Crippen molar-refractivity contribution in [2.24, 2.45) is 0 Å². The van der Waals surface area contributed by atoms with Gasteiger partial charge in [-0.25, -0.2) is 0 Å². The van der Waals surface area contributed by atoms with Gasteiger partial charge in [0.15, 0.2) is 0 Å². The lowest BCUT2D eigenvalue weighted by Gasteiger charge is -2.33. The highest BCUT2D eigenvalue weighted by Crippen LogP contribution is 2.36. The summed E-state index contributed by atoms with van der Waals surface area (Å²) in [6.45, 7) is 3.74. The average molecular weight is 311 g/mol. The van der Waals surface area contributed by atoms with Crippen LogP contribution in [0.4, 0.5) is 5.69 Å². The van der Waals surface area contributed by atoms with Crippen molar-refractivity contribution in [3.05, 3.63) is 28.1 Å². The van der Waals surface area contributed by atoms with E-state index in [1.54, 1.807) is 0 Å². The van der Waals surface area contributed by atoms with Crippen molar-refractivity contribution in [3.63, 3.8) is 0 Å². The third-order valence-corrected chi connectivity index (χ3v) is 4.92. The first-order valence-corrected chi connectivity index (χ1v) is 7.63. The number of hydrogen-bond donors (Lipinski definition) is 1. The predicted molar refractivity (Wildman–Crippen MR) is 82.6 cm³/mol. The summed E-state index contributed by atoms with van der Waals surface area (Å²) in [6.07, 6.45) is 0. The van der Waals surface area contributed by atoms with E-state index in [0.717, 1.165) is 10.1 Å². The second-order valence-corrected chi connectivity index (χ2v) is 6.40. The first-order valence-electron chi connectivity index (χ1n) is 6.44. The van der Waals surface area contributed by atoms with Crippen LogP contribution in [0.15, 0.2) is 18.2 Å². The Bertz CT molecular complexity index is 670. The third-order valence-electron chi connectivity index (χ3n) is 3.51. The molecule has 2 heterocycles. The van der Waals surface area contributed by atoms with E-state index in [1.165, 1.54) is 11.3 Å². The quantitative estimate of drug-likeness (QED) is 0.881. The van der Waals surface area contributed by atoms with Crippen molar-refractivity contribution in [2.75, 3.05) is 25.5 Å². The summed E-state index contributed by atoms with van der Waals surface area (Å²) in [7, 11) is 0. The zero-order chi connectivity index (χ0) is 14.3. The van der Waals surface area contributed by atoms with E-state index < -0.39 is 0 Å². The van der Waals surface area contributed by atoms with Crippen molar-refractivity contribution < 1.29 is 9.53 Å². The van der Waals surface area contributed by atoms with Crippen molar-refractivity contribution >= 4 is 44.6 Å². The first-order chi connectivity index (χ1) is 9.58. The number of carbonyl (C=O) groups is 1. The van der Waals surface area contributed by atoms with Crippen LogP contribution >= 0.6 is 22.9 Å². The Kier molecular flexibility index (Phi) is 3.58. The largest absolute Gasteiger partial charge is 0.397 e. The molecule has 4 nitrogen and oxygen atoms in total. The number of halogens is 1. The summed E-state index contributed by atoms with van der Waals surface area (Å²) < 4.78 is 6.35. The van der Waals surface area contributed by atoms with E-state index in [9.17, 15) is 4.79 Å². The maximum atomic E-state index is 12.7. The molecular formula is C14H15ClN2O2S. The molecule has 6 heteroatoms. The predicted octanol–water partition coefficient (Wildman–Crippen LogP) is 3.00. The molecule has 1 aromatic carbocycles. The summed E-state index contributed by atoms with van der Waals surface area (Å²) in [6, 6.07) is 5.59. The lowest BCUT2D eigenvalue weighted by atomic mass is 10.2. The summed E-state index contributed by atoms with van der Waals surface area (Å²) in [5.41, 5.74) is 6.66. The zero-order valence-corrected chi connectivity index (χ0v) is 12.6. The lowest BCUT2D eigenvalue weighted by molar-refractivity contribution is 0.00392. The van der Waals surface area contributed by atoms with Crippen LogP contribution in [0.25, 0.3) is 10.1 Å². The van der Waals surface area contributed by atoms with E-state index in [4.69, 9.17) is 22.1 Å². The smallest absolute Gasteiger partial charge is 0.266 e. The maximum absolute atomic E-state index is 12.7. The van der Waals surface area contributed by atoms with Crippen LogP contribution in [0.2, 0.25) is 5.02 Å². The molecule has 0 bridgehead atoms. The number of nitrogens with two attached hydrogens (primary N) is 1. The van der Waals surface area contributed by atoms with Gasteiger partial charge in [0.25, 0.3) is 5.91 Å². The number of hydrogen-bond acceptors (Lipinski definition) is 4. The Morgan fingerprint density at radius 3 is 3.10 bits per heavy atom. The van der Waals surface area contributed by atoms with E-state index in [1.807, 2.05) is 30.0 Å². The number of nitrogens with zero attached hydrogens (tertiary/aromatic N) is 1. The van der Waals surface area contributed by atoms with Crippen LogP contribution < -0.4 is 5.73 Å². The van der Waals surface area contributed by atoms with Gasteiger partial charge in [-0.05, 0) is 25.1 Å². The molecule has 1 aliphatic rings. The van der Waals surface area contributed by atoms with Crippen LogP contribution in [-0.4, -0.2) is 36.6 Å². The topological polar surface area (TPSA) is 55.6 Å². The fraction of sp³-hybridized carbons (Fsp3) is 0.357. The Hall–Kier alpha value is -1.30. The molecule has 2 aromatic rings. The highest BCUT2D eigenvalue weighted by atomic mass is 35.5. The monoisotopic (exact) mass is 310 g/mol. The highest BCUT2D eigenvalue weighted by molar-refractivity contribution is 7.21. The molecule has 0 aliphatic carbocycles. The van der Waals surface area contributed by atoms with Gasteiger partial charge in [-0.15, -0.1) is 11.3 Å². The number of carbonyl (C=O) groups excluding carboxylic acids is 1. The summed E-state index contributed by atoms with van der Waals surface area (Å²) in [5, 5.41) is 1.48. The molecule has 2 N–H and O–H groups in total. The number of amides is 1. The fourth-order valence-corrected chi connectivity index (χ4v) is 3.64. The van der Waals surface area contributed by atoms with Crippen molar-refractivity contribution in [2.45, 2.75) is 13.0 Å². The summed E-state index contributed by atoms with van der Waals surface area (Å²) >= 11 is 7.41. The Morgan fingerprint density at radius 2 is 2.35 bits per heavy atom. The second-order valence-electron chi connectivity index (χ2n) is 4.91. The summed E-state index contributed by atoms with van der Waals surface area (Å²) in [5.74, 6) is -0.0179. The minimum atomic E-state index is -0.0179. The fourth-order valence-electron chi connectivity index (χ4n) is 2.41. The molecule has 1 amide bonds. The van der Waals surface area contributed by atoms with Crippen LogP contribution in [0.5, 0.6) is 0 Å². The molecule has 1 atom stereocenters. The van der Waals surface area contributed by atoms with Gasteiger partial charge in [0.1, 0.15) is 4.88 Å². The van der Waals surface area contributed by atoms with Crippen LogP contribution in [0.1, 0.15) is 16.6 Å². The summed E-state index contributed by atoms with van der Waals surface area (Å²) in [4.78, 5) is 15.1. The first kappa shape index (κ1) is 13.7. The molecule has 0 saturated carbocycles. The normalized spacial score (nSPS) is 19.5. The van der Waals surface area contributed by atoms with Gasteiger partial charge in [0, 0.05) is 21.7 Å². The molecule has 106 valence electrons. The molecule has 1 saturated heterocycles. The molecule has 1 aromatic heterocycles. The SMILES string of the molecule is CC1COCCN1C(=O)c1sc2ccc(Cl)cc2c1N. The molecule has 1 unspecified atom stereocenters. The molecule has 20 heavy (non-hydrogen) atoms.